The Bertz CT molecular complexity index is 535. The highest BCUT2D eigenvalue weighted by atomic mass is 16.1. The van der Waals surface area contributed by atoms with Crippen molar-refractivity contribution in [3.63, 3.8) is 0 Å². The topological polar surface area (TPSA) is 41.1 Å². The van der Waals surface area contributed by atoms with Gasteiger partial charge in [-0.1, -0.05) is 42.5 Å². The molecule has 0 fully saturated rings. The van der Waals surface area contributed by atoms with E-state index in [-0.39, 0.29) is 5.91 Å². The average Bonchev–Trinajstić information content (AvgIpc) is 2.94. The lowest BCUT2D eigenvalue weighted by Gasteiger charge is -2.12. The van der Waals surface area contributed by atoms with Gasteiger partial charge in [-0.25, -0.2) is 0 Å². The van der Waals surface area contributed by atoms with Crippen LogP contribution in [0.1, 0.15) is 31.4 Å². The van der Waals surface area contributed by atoms with Gasteiger partial charge >= 0.3 is 0 Å². The molecule has 1 aromatic rings. The van der Waals surface area contributed by atoms with Crippen LogP contribution in [0.4, 0.5) is 0 Å². The predicted molar refractivity (Wildman–Crippen MR) is 91.8 cm³/mol. The van der Waals surface area contributed by atoms with E-state index in [1.807, 2.05) is 32.1 Å². The summed E-state index contributed by atoms with van der Waals surface area (Å²) in [5.74, 6) is 0.0198. The monoisotopic (exact) mass is 298 g/mol. The predicted octanol–water partition coefficient (Wildman–Crippen LogP) is 2.77. The van der Waals surface area contributed by atoms with Crippen LogP contribution in [0.5, 0.6) is 0 Å². The number of nitrogens with one attached hydrogen (secondary N) is 2. The van der Waals surface area contributed by atoms with Crippen molar-refractivity contribution in [3.8, 4) is 0 Å². The first-order valence-corrected chi connectivity index (χ1v) is 8.08. The maximum atomic E-state index is 11.8. The second-order valence-electron chi connectivity index (χ2n) is 5.81. The summed E-state index contributed by atoms with van der Waals surface area (Å²) in [4.78, 5) is 11.8. The number of rotatable bonds is 7. The second kappa shape index (κ2) is 8.54. The summed E-state index contributed by atoms with van der Waals surface area (Å²) in [6, 6.07) is 9.21. The number of hydrogen-bond acceptors (Lipinski definition) is 2. The Balaban J connectivity index is 1.60. The van der Waals surface area contributed by atoms with Gasteiger partial charge in [-0.15, -0.1) is 0 Å². The summed E-state index contributed by atoms with van der Waals surface area (Å²) in [5.41, 5.74) is 3.69. The summed E-state index contributed by atoms with van der Waals surface area (Å²) in [6.45, 7) is 5.43. The van der Waals surface area contributed by atoms with E-state index in [0.717, 1.165) is 31.4 Å². The fraction of sp³-hybridized carbons (Fsp3) is 0.421. The molecule has 2 N–H and O–H groups in total. The smallest absolute Gasteiger partial charge is 0.246 e. The second-order valence-corrected chi connectivity index (χ2v) is 5.81. The highest BCUT2D eigenvalue weighted by Crippen LogP contribution is 2.21. The quantitative estimate of drug-likeness (QED) is 0.462. The molecule has 1 amide bonds. The Morgan fingerprint density at radius 1 is 1.23 bits per heavy atom. The molecule has 0 saturated carbocycles. The van der Waals surface area contributed by atoms with E-state index in [2.05, 4.69) is 34.9 Å². The van der Waals surface area contributed by atoms with Gasteiger partial charge in [0.25, 0.3) is 0 Å². The van der Waals surface area contributed by atoms with Gasteiger partial charge in [0.05, 0.1) is 0 Å². The van der Waals surface area contributed by atoms with Crippen LogP contribution in [0.2, 0.25) is 0 Å². The van der Waals surface area contributed by atoms with Crippen molar-refractivity contribution in [3.05, 3.63) is 59.2 Å². The van der Waals surface area contributed by atoms with Gasteiger partial charge in [-0.2, -0.15) is 0 Å². The first-order valence-electron chi connectivity index (χ1n) is 8.08. The minimum atomic E-state index is 0.0198. The summed E-state index contributed by atoms with van der Waals surface area (Å²) in [5, 5.41) is 6.54. The summed E-state index contributed by atoms with van der Waals surface area (Å²) < 4.78 is 0. The normalized spacial score (nSPS) is 15.3. The van der Waals surface area contributed by atoms with E-state index in [0.29, 0.717) is 12.6 Å². The van der Waals surface area contributed by atoms with Gasteiger partial charge in [-0.05, 0) is 50.8 Å². The van der Waals surface area contributed by atoms with Gasteiger partial charge in [0.2, 0.25) is 5.91 Å². The van der Waals surface area contributed by atoms with Crippen LogP contribution in [0, 0.1) is 0 Å². The number of carbonyl (C=O) groups excluding carboxylic acids is 1. The molecule has 0 unspecified atom stereocenters. The SMILES string of the molecule is C/C=C\C=C(/C)C(=O)NCCCNC1Cc2ccccc2C1. The zero-order chi connectivity index (χ0) is 15.8. The maximum absolute atomic E-state index is 11.8. The highest BCUT2D eigenvalue weighted by molar-refractivity contribution is 5.92. The van der Waals surface area contributed by atoms with E-state index in [4.69, 9.17) is 0 Å². The van der Waals surface area contributed by atoms with Crippen molar-refractivity contribution in [2.75, 3.05) is 13.1 Å². The Labute approximate surface area is 133 Å². The molecule has 22 heavy (non-hydrogen) atoms. The molecule has 0 atom stereocenters. The third kappa shape index (κ3) is 4.85. The van der Waals surface area contributed by atoms with E-state index in [9.17, 15) is 4.79 Å². The number of allylic oxidation sites excluding steroid dienone is 3. The third-order valence-electron chi connectivity index (χ3n) is 4.02. The summed E-state index contributed by atoms with van der Waals surface area (Å²) in [7, 11) is 0. The largest absolute Gasteiger partial charge is 0.352 e. The molecular formula is C19H26N2O. The molecule has 2 rings (SSSR count). The van der Waals surface area contributed by atoms with Crippen molar-refractivity contribution in [1.82, 2.24) is 10.6 Å². The standard InChI is InChI=1S/C19H26N2O/c1-3-4-8-15(2)19(22)21-12-7-11-20-18-13-16-9-5-6-10-17(16)14-18/h3-6,8-10,18,20H,7,11-14H2,1-2H3,(H,21,22)/b4-3-,15-8+. The Hall–Kier alpha value is -1.87. The molecule has 3 nitrogen and oxygen atoms in total. The minimum Gasteiger partial charge on any atom is -0.352 e. The Morgan fingerprint density at radius 3 is 2.55 bits per heavy atom. The fourth-order valence-electron chi connectivity index (χ4n) is 2.76. The van der Waals surface area contributed by atoms with Gasteiger partial charge in [0.15, 0.2) is 0 Å². The van der Waals surface area contributed by atoms with Gasteiger partial charge in [-0.3, -0.25) is 4.79 Å². The van der Waals surface area contributed by atoms with Crippen molar-refractivity contribution in [2.24, 2.45) is 0 Å². The van der Waals surface area contributed by atoms with E-state index in [1.54, 1.807) is 0 Å². The van der Waals surface area contributed by atoms with Crippen LogP contribution in [-0.4, -0.2) is 25.0 Å². The van der Waals surface area contributed by atoms with Crippen LogP contribution in [0.3, 0.4) is 0 Å². The molecule has 3 heteroatoms. The molecule has 1 aliphatic carbocycles. The maximum Gasteiger partial charge on any atom is 0.246 e. The molecule has 0 radical (unpaired) electrons. The summed E-state index contributed by atoms with van der Waals surface area (Å²) in [6.07, 6.45) is 8.83. The third-order valence-corrected chi connectivity index (χ3v) is 4.02. The fourth-order valence-corrected chi connectivity index (χ4v) is 2.76. The van der Waals surface area contributed by atoms with Gasteiger partial charge in [0, 0.05) is 18.2 Å². The van der Waals surface area contributed by atoms with Gasteiger partial charge in [0.1, 0.15) is 0 Å². The lowest BCUT2D eigenvalue weighted by Crippen LogP contribution is -2.33. The molecular weight excluding hydrogens is 272 g/mol. The number of amides is 1. The molecule has 0 aromatic heterocycles. The van der Waals surface area contributed by atoms with E-state index < -0.39 is 0 Å². The number of hydrogen-bond donors (Lipinski definition) is 2. The van der Waals surface area contributed by atoms with Crippen LogP contribution >= 0.6 is 0 Å². The van der Waals surface area contributed by atoms with Crippen LogP contribution in [-0.2, 0) is 17.6 Å². The van der Waals surface area contributed by atoms with Crippen LogP contribution in [0.25, 0.3) is 0 Å². The number of fused-ring (bicyclic) bond motifs is 1. The van der Waals surface area contributed by atoms with E-state index in [1.165, 1.54) is 11.1 Å². The molecule has 1 aromatic carbocycles. The Kier molecular flexibility index (Phi) is 6.41. The molecule has 0 saturated heterocycles. The average molecular weight is 298 g/mol. The van der Waals surface area contributed by atoms with Gasteiger partial charge < -0.3 is 10.6 Å². The number of carbonyl (C=O) groups is 1. The van der Waals surface area contributed by atoms with Crippen molar-refractivity contribution in [1.29, 1.82) is 0 Å². The van der Waals surface area contributed by atoms with E-state index >= 15 is 0 Å². The molecule has 0 spiro atoms. The minimum absolute atomic E-state index is 0.0198. The Morgan fingerprint density at radius 2 is 1.91 bits per heavy atom. The zero-order valence-corrected chi connectivity index (χ0v) is 13.6. The van der Waals surface area contributed by atoms with Crippen molar-refractivity contribution >= 4 is 5.91 Å². The van der Waals surface area contributed by atoms with Crippen LogP contribution in [0.15, 0.2) is 48.1 Å². The summed E-state index contributed by atoms with van der Waals surface area (Å²) >= 11 is 0. The molecule has 0 bridgehead atoms. The van der Waals surface area contributed by atoms with Crippen molar-refractivity contribution < 1.29 is 4.79 Å². The van der Waals surface area contributed by atoms with Crippen molar-refractivity contribution in [2.45, 2.75) is 39.2 Å². The lowest BCUT2D eigenvalue weighted by molar-refractivity contribution is -0.117. The van der Waals surface area contributed by atoms with Crippen LogP contribution < -0.4 is 10.6 Å². The lowest BCUT2D eigenvalue weighted by atomic mass is 10.1. The first kappa shape index (κ1) is 16.5. The zero-order valence-electron chi connectivity index (χ0n) is 13.6. The molecule has 1 aliphatic rings. The molecule has 0 aliphatic heterocycles. The first-order chi connectivity index (χ1) is 10.7. The molecule has 0 heterocycles. The highest BCUT2D eigenvalue weighted by Gasteiger charge is 2.19. The number of benzene rings is 1. The molecule has 118 valence electrons.